The molecule has 2 aliphatic heterocycles. The number of methoxy groups -OCH3 is 1. The van der Waals surface area contributed by atoms with Crippen molar-refractivity contribution in [3.8, 4) is 0 Å². The third kappa shape index (κ3) is 3.68. The predicted octanol–water partition coefficient (Wildman–Crippen LogP) is 2.44. The van der Waals surface area contributed by atoms with E-state index in [1.807, 2.05) is 31.8 Å². The number of nitrogens with zero attached hydrogens (tertiary/aromatic N) is 5. The van der Waals surface area contributed by atoms with E-state index in [1.54, 1.807) is 11.3 Å². The molecular weight excluding hydrogens is 334 g/mol. The van der Waals surface area contributed by atoms with Crippen molar-refractivity contribution in [2.45, 2.75) is 31.8 Å². The van der Waals surface area contributed by atoms with Gasteiger partial charge >= 0.3 is 0 Å². The van der Waals surface area contributed by atoms with E-state index in [4.69, 9.17) is 4.74 Å². The summed E-state index contributed by atoms with van der Waals surface area (Å²) in [6.07, 6.45) is 9.16. The Morgan fingerprint density at radius 3 is 2.68 bits per heavy atom. The van der Waals surface area contributed by atoms with E-state index < -0.39 is 0 Å². The molecule has 2 fully saturated rings. The zero-order chi connectivity index (χ0) is 17.1. The fraction of sp³-hybridized carbons (Fsp3) is 0.611. The summed E-state index contributed by atoms with van der Waals surface area (Å²) in [6, 6.07) is 2.37. The summed E-state index contributed by atoms with van der Waals surface area (Å²) in [5.74, 6) is 0.864. The number of hydrogen-bond donors (Lipinski definition) is 0. The van der Waals surface area contributed by atoms with Crippen molar-refractivity contribution in [3.63, 3.8) is 0 Å². The Bertz CT molecular complexity index is 657. The molecule has 2 aromatic heterocycles. The molecule has 2 aliphatic rings. The molecule has 0 amide bonds. The van der Waals surface area contributed by atoms with Gasteiger partial charge in [-0.3, -0.25) is 4.90 Å². The normalized spacial score (nSPS) is 23.4. The van der Waals surface area contributed by atoms with E-state index in [1.165, 1.54) is 24.3 Å². The average molecular weight is 359 g/mol. The van der Waals surface area contributed by atoms with Gasteiger partial charge in [0.25, 0.3) is 0 Å². The first-order valence-corrected chi connectivity index (χ1v) is 9.79. The first kappa shape index (κ1) is 16.9. The molecule has 4 rings (SSSR count). The first-order chi connectivity index (χ1) is 12.3. The lowest BCUT2D eigenvalue weighted by atomic mass is 9.76. The number of anilines is 1. The van der Waals surface area contributed by atoms with Gasteiger partial charge in [-0.25, -0.2) is 15.0 Å². The maximum absolute atomic E-state index is 5.51. The monoisotopic (exact) mass is 359 g/mol. The molecule has 0 bridgehead atoms. The molecule has 0 aliphatic carbocycles. The predicted molar refractivity (Wildman–Crippen MR) is 98.7 cm³/mol. The van der Waals surface area contributed by atoms with Gasteiger partial charge in [-0.1, -0.05) is 0 Å². The van der Waals surface area contributed by atoms with E-state index in [2.05, 4.69) is 30.1 Å². The molecule has 134 valence electrons. The van der Waals surface area contributed by atoms with Crippen LogP contribution in [0.4, 0.5) is 5.95 Å². The van der Waals surface area contributed by atoms with Crippen molar-refractivity contribution < 1.29 is 4.74 Å². The maximum Gasteiger partial charge on any atom is 0.225 e. The minimum Gasteiger partial charge on any atom is -0.383 e. The van der Waals surface area contributed by atoms with Crippen molar-refractivity contribution in [1.29, 1.82) is 0 Å². The first-order valence-electron chi connectivity index (χ1n) is 8.91. The summed E-state index contributed by atoms with van der Waals surface area (Å²) in [5, 5.41) is 3.26. The Labute approximate surface area is 152 Å². The molecule has 7 heteroatoms. The van der Waals surface area contributed by atoms with Gasteiger partial charge in [0, 0.05) is 56.8 Å². The minimum absolute atomic E-state index is 0.395. The quantitative estimate of drug-likeness (QED) is 0.817. The number of thiazole rings is 1. The molecule has 1 unspecified atom stereocenters. The van der Waals surface area contributed by atoms with Crippen LogP contribution in [0.5, 0.6) is 0 Å². The summed E-state index contributed by atoms with van der Waals surface area (Å²) in [5.41, 5.74) is 0.395. The van der Waals surface area contributed by atoms with Crippen LogP contribution >= 0.6 is 11.3 Å². The van der Waals surface area contributed by atoms with Gasteiger partial charge in [-0.05, 0) is 30.7 Å². The van der Waals surface area contributed by atoms with E-state index in [-0.39, 0.29) is 0 Å². The molecule has 4 heterocycles. The second-order valence-electron chi connectivity index (χ2n) is 7.18. The van der Waals surface area contributed by atoms with Crippen LogP contribution in [0.15, 0.2) is 30.0 Å². The summed E-state index contributed by atoms with van der Waals surface area (Å²) in [6.45, 7) is 4.96. The SMILES string of the molecule is COCC1CC2(CCN(c3ncccn3)CC2)CN1Cc1nccs1. The van der Waals surface area contributed by atoms with E-state index in [0.29, 0.717) is 11.5 Å². The van der Waals surface area contributed by atoms with Crippen molar-refractivity contribution in [3.05, 3.63) is 35.0 Å². The molecule has 2 aromatic rings. The summed E-state index contributed by atoms with van der Waals surface area (Å²) < 4.78 is 5.51. The molecule has 0 aromatic carbocycles. The topological polar surface area (TPSA) is 54.4 Å². The second kappa shape index (κ2) is 7.35. The van der Waals surface area contributed by atoms with Crippen molar-refractivity contribution in [2.24, 2.45) is 5.41 Å². The lowest BCUT2D eigenvalue weighted by Crippen LogP contribution is -2.42. The molecular formula is C18H25N5OS. The smallest absolute Gasteiger partial charge is 0.225 e. The van der Waals surface area contributed by atoms with Gasteiger partial charge in [0.05, 0.1) is 13.2 Å². The molecule has 0 radical (unpaired) electrons. The molecule has 2 saturated heterocycles. The zero-order valence-corrected chi connectivity index (χ0v) is 15.5. The Kier molecular flexibility index (Phi) is 4.96. The third-order valence-corrected chi connectivity index (χ3v) is 6.33. The van der Waals surface area contributed by atoms with Gasteiger partial charge in [-0.2, -0.15) is 0 Å². The highest BCUT2D eigenvalue weighted by atomic mass is 32.1. The van der Waals surface area contributed by atoms with Gasteiger partial charge in [0.2, 0.25) is 5.95 Å². The van der Waals surface area contributed by atoms with E-state index >= 15 is 0 Å². The molecule has 1 atom stereocenters. The number of aromatic nitrogens is 3. The number of hydrogen-bond acceptors (Lipinski definition) is 7. The summed E-state index contributed by atoms with van der Waals surface area (Å²) in [4.78, 5) is 18.2. The van der Waals surface area contributed by atoms with E-state index in [9.17, 15) is 0 Å². The standard InChI is InChI=1S/C18H25N5OS/c1-24-13-15-11-18(14-23(15)12-16-19-7-10-25-16)3-8-22(9-4-18)17-20-5-2-6-21-17/h2,5-7,10,15H,3-4,8-9,11-14H2,1H3. The van der Waals surface area contributed by atoms with Gasteiger partial charge in [-0.15, -0.1) is 11.3 Å². The second-order valence-corrected chi connectivity index (χ2v) is 8.16. The van der Waals surface area contributed by atoms with Crippen LogP contribution in [-0.2, 0) is 11.3 Å². The molecule has 25 heavy (non-hydrogen) atoms. The molecule has 0 saturated carbocycles. The van der Waals surface area contributed by atoms with Crippen LogP contribution in [0.2, 0.25) is 0 Å². The van der Waals surface area contributed by atoms with E-state index in [0.717, 1.165) is 38.7 Å². The van der Waals surface area contributed by atoms with Crippen LogP contribution in [-0.4, -0.2) is 59.2 Å². The lowest BCUT2D eigenvalue weighted by molar-refractivity contribution is 0.111. The number of piperidine rings is 1. The highest BCUT2D eigenvalue weighted by Gasteiger charge is 2.45. The van der Waals surface area contributed by atoms with Crippen LogP contribution in [0.3, 0.4) is 0 Å². The third-order valence-electron chi connectivity index (χ3n) is 5.56. The Morgan fingerprint density at radius 2 is 2.00 bits per heavy atom. The fourth-order valence-electron chi connectivity index (χ4n) is 4.30. The highest BCUT2D eigenvalue weighted by Crippen LogP contribution is 2.44. The maximum atomic E-state index is 5.51. The Hall–Kier alpha value is -1.57. The van der Waals surface area contributed by atoms with Crippen molar-refractivity contribution in [2.75, 3.05) is 38.3 Å². The van der Waals surface area contributed by atoms with Crippen LogP contribution in [0.1, 0.15) is 24.3 Å². The van der Waals surface area contributed by atoms with Gasteiger partial charge < -0.3 is 9.64 Å². The van der Waals surface area contributed by atoms with Crippen molar-refractivity contribution >= 4 is 17.3 Å². The Morgan fingerprint density at radius 1 is 1.20 bits per heavy atom. The lowest BCUT2D eigenvalue weighted by Gasteiger charge is -2.39. The summed E-state index contributed by atoms with van der Waals surface area (Å²) in [7, 11) is 1.81. The Balaban J connectivity index is 1.42. The highest BCUT2D eigenvalue weighted by molar-refractivity contribution is 7.09. The van der Waals surface area contributed by atoms with Crippen molar-refractivity contribution in [1.82, 2.24) is 19.9 Å². The molecule has 1 spiro atoms. The average Bonchev–Trinajstić information content (AvgIpc) is 3.26. The number of rotatable bonds is 5. The van der Waals surface area contributed by atoms with Gasteiger partial charge in [0.1, 0.15) is 5.01 Å². The summed E-state index contributed by atoms with van der Waals surface area (Å²) >= 11 is 1.74. The number of likely N-dealkylation sites (tertiary alicyclic amines) is 1. The largest absolute Gasteiger partial charge is 0.383 e. The number of ether oxygens (including phenoxy) is 1. The molecule has 6 nitrogen and oxygen atoms in total. The van der Waals surface area contributed by atoms with Crippen LogP contribution in [0.25, 0.3) is 0 Å². The van der Waals surface area contributed by atoms with Crippen LogP contribution in [0, 0.1) is 5.41 Å². The molecule has 0 N–H and O–H groups in total. The van der Waals surface area contributed by atoms with Gasteiger partial charge in [0.15, 0.2) is 0 Å². The minimum atomic E-state index is 0.395. The zero-order valence-electron chi connectivity index (χ0n) is 14.7. The fourth-order valence-corrected chi connectivity index (χ4v) is 4.94. The van der Waals surface area contributed by atoms with Crippen LogP contribution < -0.4 is 4.90 Å².